The summed E-state index contributed by atoms with van der Waals surface area (Å²) in [7, 11) is 0. The van der Waals surface area contributed by atoms with Gasteiger partial charge >= 0.3 is 0 Å². The van der Waals surface area contributed by atoms with E-state index in [9.17, 15) is 8.78 Å². The molecule has 0 aliphatic heterocycles. The van der Waals surface area contributed by atoms with E-state index < -0.39 is 5.92 Å². The Labute approximate surface area is 87.3 Å². The smallest absolute Gasteiger partial charge is 0.202 e. The molecular formula is C12H11F2N. The van der Waals surface area contributed by atoms with Crippen LogP contribution in [0, 0.1) is 11.3 Å². The fourth-order valence-corrected chi connectivity index (χ4v) is 1.67. The van der Waals surface area contributed by atoms with Crippen LogP contribution >= 0.6 is 0 Å². The number of nitrogens with zero attached hydrogens (tertiary/aromatic N) is 1. The highest BCUT2D eigenvalue weighted by Gasteiger charge is 2.44. The molecule has 15 heavy (non-hydrogen) atoms. The van der Waals surface area contributed by atoms with Crippen molar-refractivity contribution in [3.05, 3.63) is 35.4 Å². The highest BCUT2D eigenvalue weighted by Crippen LogP contribution is 2.47. The van der Waals surface area contributed by atoms with Crippen LogP contribution in [0.25, 0.3) is 0 Å². The van der Waals surface area contributed by atoms with Crippen molar-refractivity contribution in [1.82, 2.24) is 0 Å². The second-order valence-electron chi connectivity index (χ2n) is 4.16. The fraction of sp³-hybridized carbons (Fsp3) is 0.417. The highest BCUT2D eigenvalue weighted by molar-refractivity contribution is 5.40. The van der Waals surface area contributed by atoms with Gasteiger partial charge < -0.3 is 0 Å². The molecule has 1 fully saturated rings. The lowest BCUT2D eigenvalue weighted by molar-refractivity contribution is 0.0174. The Balaban J connectivity index is 2.30. The van der Waals surface area contributed by atoms with Gasteiger partial charge in [-0.15, -0.1) is 0 Å². The molecule has 1 aliphatic carbocycles. The summed E-state index contributed by atoms with van der Waals surface area (Å²) in [6.45, 7) is 0.874. The Morgan fingerprint density at radius 2 is 1.80 bits per heavy atom. The number of benzene rings is 1. The van der Waals surface area contributed by atoms with Crippen LogP contribution in [0.4, 0.5) is 8.78 Å². The first-order valence-electron chi connectivity index (χ1n) is 4.88. The van der Waals surface area contributed by atoms with E-state index in [1.165, 1.54) is 12.1 Å². The van der Waals surface area contributed by atoms with E-state index in [-0.39, 0.29) is 11.0 Å². The second kappa shape index (κ2) is 3.03. The van der Waals surface area contributed by atoms with Gasteiger partial charge in [-0.1, -0.05) is 24.3 Å². The Morgan fingerprint density at radius 1 is 1.27 bits per heavy atom. The molecule has 0 aromatic heterocycles. The molecule has 0 saturated heterocycles. The van der Waals surface area contributed by atoms with Gasteiger partial charge in [-0.05, 0) is 18.4 Å². The van der Waals surface area contributed by atoms with Crippen molar-refractivity contribution in [3.63, 3.8) is 0 Å². The molecule has 1 aromatic rings. The largest absolute Gasteiger partial charge is 0.270 e. The van der Waals surface area contributed by atoms with Crippen LogP contribution in [-0.4, -0.2) is 0 Å². The highest BCUT2D eigenvalue weighted by atomic mass is 19.3. The number of alkyl halides is 2. The van der Waals surface area contributed by atoms with E-state index in [2.05, 4.69) is 6.07 Å². The predicted molar refractivity (Wildman–Crippen MR) is 52.5 cm³/mol. The average Bonchev–Trinajstić information content (AvgIpc) is 2.97. The first-order chi connectivity index (χ1) is 6.98. The molecule has 3 heteroatoms. The zero-order chi connectivity index (χ0) is 11.1. The summed E-state index contributed by atoms with van der Waals surface area (Å²) in [4.78, 5) is 0. The van der Waals surface area contributed by atoms with Gasteiger partial charge in [0.15, 0.2) is 0 Å². The standard InChI is InChI=1S/C12H11F2N/c1-11(13,14)9-2-4-10(5-3-9)12(8-15)6-7-12/h2-5H,6-7H2,1H3. The van der Waals surface area contributed by atoms with Crippen molar-refractivity contribution >= 4 is 0 Å². The van der Waals surface area contributed by atoms with E-state index in [4.69, 9.17) is 5.26 Å². The first-order valence-corrected chi connectivity index (χ1v) is 4.88. The van der Waals surface area contributed by atoms with Gasteiger partial charge in [0.2, 0.25) is 0 Å². The van der Waals surface area contributed by atoms with Gasteiger partial charge in [-0.25, -0.2) is 8.78 Å². The molecule has 0 unspecified atom stereocenters. The maximum Gasteiger partial charge on any atom is 0.270 e. The van der Waals surface area contributed by atoms with E-state index in [0.717, 1.165) is 25.3 Å². The normalized spacial score (nSPS) is 18.3. The zero-order valence-electron chi connectivity index (χ0n) is 8.43. The summed E-state index contributed by atoms with van der Waals surface area (Å²) in [5, 5.41) is 8.94. The van der Waals surface area contributed by atoms with Gasteiger partial charge in [0.05, 0.1) is 11.5 Å². The van der Waals surface area contributed by atoms with Crippen molar-refractivity contribution in [1.29, 1.82) is 5.26 Å². The summed E-state index contributed by atoms with van der Waals surface area (Å²) >= 11 is 0. The molecule has 1 aliphatic rings. The minimum Gasteiger partial charge on any atom is -0.202 e. The van der Waals surface area contributed by atoms with Crippen molar-refractivity contribution in [2.75, 3.05) is 0 Å². The minimum absolute atomic E-state index is 0.00000945. The number of hydrogen-bond acceptors (Lipinski definition) is 1. The zero-order valence-corrected chi connectivity index (χ0v) is 8.43. The van der Waals surface area contributed by atoms with E-state index in [0.29, 0.717) is 0 Å². The van der Waals surface area contributed by atoms with Crippen LogP contribution < -0.4 is 0 Å². The number of rotatable bonds is 2. The van der Waals surface area contributed by atoms with Gasteiger partial charge in [-0.2, -0.15) is 5.26 Å². The molecule has 2 rings (SSSR count). The maximum absolute atomic E-state index is 12.9. The fourth-order valence-electron chi connectivity index (χ4n) is 1.67. The lowest BCUT2D eigenvalue weighted by Crippen LogP contribution is -2.08. The maximum atomic E-state index is 12.9. The van der Waals surface area contributed by atoms with E-state index in [1.54, 1.807) is 12.1 Å². The van der Waals surface area contributed by atoms with Gasteiger partial charge in [0.25, 0.3) is 5.92 Å². The Hall–Kier alpha value is -1.43. The molecule has 1 saturated carbocycles. The number of nitriles is 1. The third-order valence-corrected chi connectivity index (χ3v) is 2.91. The van der Waals surface area contributed by atoms with Crippen LogP contribution in [0.15, 0.2) is 24.3 Å². The van der Waals surface area contributed by atoms with E-state index >= 15 is 0 Å². The van der Waals surface area contributed by atoms with Crippen molar-refractivity contribution in [2.45, 2.75) is 31.1 Å². The topological polar surface area (TPSA) is 23.8 Å². The SMILES string of the molecule is CC(F)(F)c1ccc(C2(C#N)CC2)cc1. The van der Waals surface area contributed by atoms with Crippen molar-refractivity contribution in [2.24, 2.45) is 0 Å². The second-order valence-corrected chi connectivity index (χ2v) is 4.16. The number of halogens is 2. The Bertz CT molecular complexity index is 405. The third-order valence-electron chi connectivity index (χ3n) is 2.91. The van der Waals surface area contributed by atoms with Gasteiger partial charge in [-0.3, -0.25) is 0 Å². The molecule has 0 bridgehead atoms. The van der Waals surface area contributed by atoms with Crippen LogP contribution in [0.3, 0.4) is 0 Å². The first kappa shape index (κ1) is 10.1. The van der Waals surface area contributed by atoms with Crippen LogP contribution in [-0.2, 0) is 11.3 Å². The number of hydrogen-bond donors (Lipinski definition) is 0. The molecule has 78 valence electrons. The van der Waals surface area contributed by atoms with Crippen LogP contribution in [0.1, 0.15) is 30.9 Å². The Kier molecular flexibility index (Phi) is 2.04. The van der Waals surface area contributed by atoms with Crippen molar-refractivity contribution in [3.8, 4) is 6.07 Å². The molecule has 0 radical (unpaired) electrons. The third kappa shape index (κ3) is 1.72. The molecule has 0 amide bonds. The molecule has 0 spiro atoms. The van der Waals surface area contributed by atoms with Crippen molar-refractivity contribution < 1.29 is 8.78 Å². The monoisotopic (exact) mass is 207 g/mol. The lowest BCUT2D eigenvalue weighted by Gasteiger charge is -2.12. The molecule has 0 N–H and O–H groups in total. The molecule has 0 atom stereocenters. The summed E-state index contributed by atoms with van der Waals surface area (Å²) in [6.07, 6.45) is 1.68. The summed E-state index contributed by atoms with van der Waals surface area (Å²) < 4.78 is 25.8. The van der Waals surface area contributed by atoms with E-state index in [1.807, 2.05) is 0 Å². The molecule has 0 heterocycles. The molecule has 1 nitrogen and oxygen atoms in total. The summed E-state index contributed by atoms with van der Waals surface area (Å²) in [5.41, 5.74) is 0.472. The summed E-state index contributed by atoms with van der Waals surface area (Å²) in [5.74, 6) is -2.80. The average molecular weight is 207 g/mol. The molecule has 1 aromatic carbocycles. The predicted octanol–water partition coefficient (Wildman–Crippen LogP) is 3.35. The lowest BCUT2D eigenvalue weighted by atomic mass is 9.96. The molecular weight excluding hydrogens is 196 g/mol. The van der Waals surface area contributed by atoms with Crippen LogP contribution in [0.2, 0.25) is 0 Å². The summed E-state index contributed by atoms with van der Waals surface area (Å²) in [6, 6.07) is 8.34. The quantitative estimate of drug-likeness (QED) is 0.729. The van der Waals surface area contributed by atoms with Gasteiger partial charge in [0.1, 0.15) is 0 Å². The van der Waals surface area contributed by atoms with Gasteiger partial charge in [0, 0.05) is 12.5 Å². The Morgan fingerprint density at radius 3 is 2.13 bits per heavy atom. The van der Waals surface area contributed by atoms with Crippen LogP contribution in [0.5, 0.6) is 0 Å². The minimum atomic E-state index is -2.80.